The zero-order valence-corrected chi connectivity index (χ0v) is 6.57. The molecule has 2 N–H and O–H groups in total. The van der Waals surface area contributed by atoms with E-state index in [0.717, 1.165) is 24.3 Å². The maximum Gasteiger partial charge on any atom is 0.283 e. The van der Waals surface area contributed by atoms with Crippen molar-refractivity contribution in [3.8, 4) is 0 Å². The molecule has 11 heavy (non-hydrogen) atoms. The van der Waals surface area contributed by atoms with Gasteiger partial charge in [0.1, 0.15) is 0 Å². The Kier molecular flexibility index (Phi) is 2.36. The predicted molar refractivity (Wildman–Crippen MR) is 34.7 cm³/mol. The van der Waals surface area contributed by atoms with Crippen LogP contribution in [0.5, 0.6) is 0 Å². The lowest BCUT2D eigenvalue weighted by Crippen LogP contribution is -3.00. The summed E-state index contributed by atoms with van der Waals surface area (Å²) in [5.74, 6) is 0.760. The number of halogens is 1. The SMILES string of the molecule is O=c1[nH]oc2c1CCNC2.[Cl-]. The lowest BCUT2D eigenvalue weighted by atomic mass is 10.1. The topological polar surface area (TPSA) is 58.0 Å². The van der Waals surface area contributed by atoms with E-state index in [9.17, 15) is 4.79 Å². The van der Waals surface area contributed by atoms with Gasteiger partial charge in [0, 0.05) is 0 Å². The van der Waals surface area contributed by atoms with E-state index in [0.29, 0.717) is 6.54 Å². The number of aromatic amines is 1. The normalized spacial score (nSPS) is 15.3. The molecule has 1 aliphatic rings. The first-order chi connectivity index (χ1) is 4.88. The molecule has 0 amide bonds. The molecule has 2 heterocycles. The van der Waals surface area contributed by atoms with Crippen molar-refractivity contribution in [3.05, 3.63) is 21.7 Å². The fourth-order valence-electron chi connectivity index (χ4n) is 1.17. The molecule has 62 valence electrons. The maximum absolute atomic E-state index is 10.9. The Bertz CT molecular complexity index is 291. The summed E-state index contributed by atoms with van der Waals surface area (Å²) >= 11 is 0. The van der Waals surface area contributed by atoms with Gasteiger partial charge >= 0.3 is 0 Å². The van der Waals surface area contributed by atoms with Crippen LogP contribution in [0.3, 0.4) is 0 Å². The Morgan fingerprint density at radius 1 is 1.45 bits per heavy atom. The van der Waals surface area contributed by atoms with Gasteiger partial charge in [-0.2, -0.15) is 5.16 Å². The minimum absolute atomic E-state index is 0. The Morgan fingerprint density at radius 3 is 3.00 bits per heavy atom. The summed E-state index contributed by atoms with van der Waals surface area (Å²) in [5.41, 5.74) is 0.732. The van der Waals surface area contributed by atoms with Crippen LogP contribution < -0.4 is 23.3 Å². The van der Waals surface area contributed by atoms with Crippen LogP contribution in [0.4, 0.5) is 0 Å². The van der Waals surface area contributed by atoms with Crippen molar-refractivity contribution in [2.24, 2.45) is 0 Å². The smallest absolute Gasteiger partial charge is 0.283 e. The highest BCUT2D eigenvalue weighted by Crippen LogP contribution is 2.06. The van der Waals surface area contributed by atoms with Crippen LogP contribution in [-0.2, 0) is 13.0 Å². The second-order valence-electron chi connectivity index (χ2n) is 2.36. The first-order valence-electron chi connectivity index (χ1n) is 3.28. The van der Waals surface area contributed by atoms with Crippen LogP contribution in [0, 0.1) is 0 Å². The third kappa shape index (κ3) is 1.32. The molecule has 0 spiro atoms. The molecule has 0 saturated heterocycles. The molecule has 0 bridgehead atoms. The van der Waals surface area contributed by atoms with Gasteiger partial charge in [-0.3, -0.25) is 4.79 Å². The van der Waals surface area contributed by atoms with E-state index in [4.69, 9.17) is 4.52 Å². The van der Waals surface area contributed by atoms with Crippen molar-refractivity contribution < 1.29 is 16.9 Å². The van der Waals surface area contributed by atoms with Crippen LogP contribution in [0.25, 0.3) is 0 Å². The average Bonchev–Trinajstić information content (AvgIpc) is 2.34. The van der Waals surface area contributed by atoms with Crippen LogP contribution in [0.2, 0.25) is 0 Å². The van der Waals surface area contributed by atoms with E-state index in [2.05, 4.69) is 10.5 Å². The largest absolute Gasteiger partial charge is 1.00 e. The van der Waals surface area contributed by atoms with E-state index in [1.54, 1.807) is 0 Å². The van der Waals surface area contributed by atoms with E-state index in [1.807, 2.05) is 0 Å². The summed E-state index contributed by atoms with van der Waals surface area (Å²) < 4.78 is 4.89. The summed E-state index contributed by atoms with van der Waals surface area (Å²) in [6.07, 6.45) is 0.779. The van der Waals surface area contributed by atoms with Crippen molar-refractivity contribution in [3.63, 3.8) is 0 Å². The molecule has 0 atom stereocenters. The van der Waals surface area contributed by atoms with Gasteiger partial charge in [0.2, 0.25) is 0 Å². The minimum atomic E-state index is -0.0727. The van der Waals surface area contributed by atoms with Gasteiger partial charge in [0.05, 0.1) is 12.1 Å². The first kappa shape index (κ1) is 8.36. The monoisotopic (exact) mass is 175 g/mol. The third-order valence-corrected chi connectivity index (χ3v) is 1.71. The standard InChI is InChI=1S/C6H8N2O2.ClH/c9-6-4-1-2-7-3-5(4)10-8-6;/h7H,1-3H2,(H,8,9);1H/p-1. The molecule has 5 heteroatoms. The summed E-state index contributed by atoms with van der Waals surface area (Å²) in [7, 11) is 0. The van der Waals surface area contributed by atoms with Gasteiger partial charge in [0.15, 0.2) is 5.76 Å². The van der Waals surface area contributed by atoms with Crippen molar-refractivity contribution in [2.75, 3.05) is 6.54 Å². The van der Waals surface area contributed by atoms with Crippen molar-refractivity contribution in [2.45, 2.75) is 13.0 Å². The molecule has 0 unspecified atom stereocenters. The molecular weight excluding hydrogens is 168 g/mol. The Morgan fingerprint density at radius 2 is 2.27 bits per heavy atom. The van der Waals surface area contributed by atoms with Gasteiger partial charge in [-0.15, -0.1) is 0 Å². The Labute approximate surface area is 69.4 Å². The fourth-order valence-corrected chi connectivity index (χ4v) is 1.17. The van der Waals surface area contributed by atoms with E-state index >= 15 is 0 Å². The van der Waals surface area contributed by atoms with Gasteiger partial charge in [-0.1, -0.05) is 0 Å². The zero-order chi connectivity index (χ0) is 6.97. The lowest BCUT2D eigenvalue weighted by molar-refractivity contribution is -0.00000257. The fraction of sp³-hybridized carbons (Fsp3) is 0.500. The average molecular weight is 176 g/mol. The number of hydrogen-bond acceptors (Lipinski definition) is 3. The van der Waals surface area contributed by atoms with Crippen molar-refractivity contribution >= 4 is 0 Å². The quantitative estimate of drug-likeness (QED) is 0.433. The highest BCUT2D eigenvalue weighted by atomic mass is 35.5. The van der Waals surface area contributed by atoms with Crippen molar-refractivity contribution in [1.82, 2.24) is 10.5 Å². The van der Waals surface area contributed by atoms with Crippen LogP contribution in [0.1, 0.15) is 11.3 Å². The number of nitrogens with one attached hydrogen (secondary N) is 2. The van der Waals surface area contributed by atoms with E-state index in [-0.39, 0.29) is 18.0 Å². The maximum atomic E-state index is 10.9. The number of rotatable bonds is 0. The molecule has 1 aromatic heterocycles. The van der Waals surface area contributed by atoms with Crippen LogP contribution >= 0.6 is 0 Å². The van der Waals surface area contributed by atoms with Gasteiger partial charge in [-0.05, 0) is 13.0 Å². The number of aromatic nitrogens is 1. The zero-order valence-electron chi connectivity index (χ0n) is 5.82. The van der Waals surface area contributed by atoms with Crippen molar-refractivity contribution in [1.29, 1.82) is 0 Å². The highest BCUT2D eigenvalue weighted by Gasteiger charge is 2.15. The number of hydrogen-bond donors (Lipinski definition) is 2. The highest BCUT2D eigenvalue weighted by molar-refractivity contribution is 5.16. The second kappa shape index (κ2) is 3.11. The van der Waals surface area contributed by atoms with E-state index in [1.165, 1.54) is 0 Å². The Hall–Kier alpha value is -0.740. The molecule has 0 aliphatic carbocycles. The summed E-state index contributed by atoms with van der Waals surface area (Å²) in [6.45, 7) is 1.55. The van der Waals surface area contributed by atoms with Crippen LogP contribution in [0.15, 0.2) is 9.32 Å². The van der Waals surface area contributed by atoms with Gasteiger partial charge in [-0.25, -0.2) is 0 Å². The molecule has 2 rings (SSSR count). The first-order valence-corrected chi connectivity index (χ1v) is 3.28. The summed E-state index contributed by atoms with van der Waals surface area (Å²) in [5, 5.41) is 5.41. The van der Waals surface area contributed by atoms with Crippen LogP contribution in [-0.4, -0.2) is 11.7 Å². The molecular formula is C6H8ClN2O2-. The molecule has 0 saturated carbocycles. The van der Waals surface area contributed by atoms with E-state index < -0.39 is 0 Å². The molecule has 1 aliphatic heterocycles. The lowest BCUT2D eigenvalue weighted by Gasteiger charge is -2.07. The third-order valence-electron chi connectivity index (χ3n) is 1.71. The summed E-state index contributed by atoms with van der Waals surface area (Å²) in [4.78, 5) is 10.9. The molecule has 0 aromatic carbocycles. The van der Waals surface area contributed by atoms with Gasteiger partial charge in [0.25, 0.3) is 5.56 Å². The second-order valence-corrected chi connectivity index (χ2v) is 2.36. The number of fused-ring (bicyclic) bond motifs is 1. The molecule has 4 nitrogen and oxygen atoms in total. The predicted octanol–water partition coefficient (Wildman–Crippen LogP) is -3.38. The minimum Gasteiger partial charge on any atom is -1.00 e. The Balaban J connectivity index is 0.000000605. The molecule has 0 radical (unpaired) electrons. The molecule has 0 fully saturated rings. The summed E-state index contributed by atoms with van der Waals surface area (Å²) in [6, 6.07) is 0. The number of H-pyrrole nitrogens is 1. The van der Waals surface area contributed by atoms with Gasteiger partial charge < -0.3 is 22.2 Å². The molecule has 1 aromatic rings.